The quantitative estimate of drug-likeness (QED) is 0.719. The molecule has 112 valence electrons. The zero-order chi connectivity index (χ0) is 15.2. The summed E-state index contributed by atoms with van der Waals surface area (Å²) >= 11 is 0. The maximum absolute atomic E-state index is 11.7. The van der Waals surface area contributed by atoms with E-state index in [2.05, 4.69) is 11.0 Å². The van der Waals surface area contributed by atoms with Gasteiger partial charge in [0.25, 0.3) is 0 Å². The zero-order valence-electron chi connectivity index (χ0n) is 12.5. The molecule has 5 nitrogen and oxygen atoms in total. The van der Waals surface area contributed by atoms with Crippen LogP contribution in [0.2, 0.25) is 0 Å². The number of methoxy groups -OCH3 is 1. The van der Waals surface area contributed by atoms with E-state index in [1.807, 2.05) is 6.07 Å². The second-order valence-corrected chi connectivity index (χ2v) is 5.08. The van der Waals surface area contributed by atoms with E-state index in [9.17, 15) is 4.79 Å². The normalized spacial score (nSPS) is 13.8. The molecule has 2 rings (SSSR count). The van der Waals surface area contributed by atoms with Crippen LogP contribution in [0.3, 0.4) is 0 Å². The first kappa shape index (κ1) is 15.3. The van der Waals surface area contributed by atoms with Gasteiger partial charge in [-0.15, -0.1) is 0 Å². The van der Waals surface area contributed by atoms with Gasteiger partial charge in [-0.3, -0.25) is 9.69 Å². The summed E-state index contributed by atoms with van der Waals surface area (Å²) in [4.78, 5) is 13.8. The highest BCUT2D eigenvalue weighted by Crippen LogP contribution is 2.30. The van der Waals surface area contributed by atoms with E-state index in [1.54, 1.807) is 26.2 Å². The number of ether oxygens (including phenoxy) is 2. The van der Waals surface area contributed by atoms with Crippen LogP contribution in [0.15, 0.2) is 18.2 Å². The van der Waals surface area contributed by atoms with Crippen LogP contribution in [0.5, 0.6) is 5.75 Å². The Hall–Kier alpha value is -2.06. The highest BCUT2D eigenvalue weighted by Gasteiger charge is 2.31. The Labute approximate surface area is 125 Å². The third kappa shape index (κ3) is 4.20. The van der Waals surface area contributed by atoms with E-state index in [1.165, 1.54) is 0 Å². The Bertz CT molecular complexity index is 547. The van der Waals surface area contributed by atoms with E-state index in [0.717, 1.165) is 24.2 Å². The summed E-state index contributed by atoms with van der Waals surface area (Å²) in [6.07, 6.45) is 2.19. The van der Waals surface area contributed by atoms with Crippen LogP contribution in [-0.2, 0) is 16.1 Å². The van der Waals surface area contributed by atoms with Crippen LogP contribution in [0.1, 0.15) is 30.9 Å². The maximum atomic E-state index is 11.7. The fourth-order valence-corrected chi connectivity index (χ4v) is 2.32. The van der Waals surface area contributed by atoms with E-state index >= 15 is 0 Å². The van der Waals surface area contributed by atoms with E-state index in [0.29, 0.717) is 24.8 Å². The number of nitrogens with zero attached hydrogens (tertiary/aromatic N) is 2. The van der Waals surface area contributed by atoms with Crippen molar-refractivity contribution < 1.29 is 14.3 Å². The first-order chi connectivity index (χ1) is 10.2. The average Bonchev–Trinajstić information content (AvgIpc) is 3.31. The van der Waals surface area contributed by atoms with E-state index < -0.39 is 0 Å². The Morgan fingerprint density at radius 2 is 2.24 bits per heavy atom. The molecule has 1 aliphatic rings. The first-order valence-electron chi connectivity index (χ1n) is 7.14. The minimum atomic E-state index is -0.209. The fourth-order valence-electron chi connectivity index (χ4n) is 2.32. The predicted molar refractivity (Wildman–Crippen MR) is 77.8 cm³/mol. The number of hydrogen-bond donors (Lipinski definition) is 0. The number of benzene rings is 1. The molecule has 0 amide bonds. The van der Waals surface area contributed by atoms with Gasteiger partial charge in [-0.25, -0.2) is 0 Å². The second-order valence-electron chi connectivity index (χ2n) is 5.08. The van der Waals surface area contributed by atoms with Gasteiger partial charge in [0.15, 0.2) is 0 Å². The summed E-state index contributed by atoms with van der Waals surface area (Å²) in [6.45, 7) is 3.06. The predicted octanol–water partition coefficient (Wildman–Crippen LogP) is 2.09. The van der Waals surface area contributed by atoms with Gasteiger partial charge in [0.05, 0.1) is 31.9 Å². The SMILES string of the molecule is CCOC(=O)CN(Cc1cc(C#N)ccc1OC)C1CC1. The molecule has 21 heavy (non-hydrogen) atoms. The van der Waals surface area contributed by atoms with Crippen molar-refractivity contribution >= 4 is 5.97 Å². The van der Waals surface area contributed by atoms with E-state index in [-0.39, 0.29) is 12.5 Å². The van der Waals surface area contributed by atoms with Gasteiger partial charge in [0, 0.05) is 18.2 Å². The van der Waals surface area contributed by atoms with Crippen molar-refractivity contribution in [1.82, 2.24) is 4.90 Å². The van der Waals surface area contributed by atoms with Crippen LogP contribution in [-0.4, -0.2) is 37.2 Å². The molecule has 0 heterocycles. The van der Waals surface area contributed by atoms with Crippen molar-refractivity contribution in [3.05, 3.63) is 29.3 Å². The summed E-state index contributed by atoms with van der Waals surface area (Å²) in [6, 6.07) is 7.90. The Balaban J connectivity index is 2.13. The van der Waals surface area contributed by atoms with Crippen molar-refractivity contribution in [2.75, 3.05) is 20.3 Å². The molecule has 0 unspecified atom stereocenters. The summed E-state index contributed by atoms with van der Waals surface area (Å²) in [7, 11) is 1.61. The van der Waals surface area contributed by atoms with E-state index in [4.69, 9.17) is 14.7 Å². The lowest BCUT2D eigenvalue weighted by Crippen LogP contribution is -2.32. The number of nitriles is 1. The molecule has 1 aromatic carbocycles. The van der Waals surface area contributed by atoms with Gasteiger partial charge in [-0.2, -0.15) is 5.26 Å². The molecule has 1 fully saturated rings. The van der Waals surface area contributed by atoms with Crippen molar-refractivity contribution in [3.63, 3.8) is 0 Å². The molecule has 0 aliphatic heterocycles. The average molecular weight is 288 g/mol. The molecular weight excluding hydrogens is 268 g/mol. The van der Waals surface area contributed by atoms with Gasteiger partial charge in [-0.1, -0.05) is 0 Å². The highest BCUT2D eigenvalue weighted by molar-refractivity contribution is 5.71. The Morgan fingerprint density at radius 1 is 1.48 bits per heavy atom. The fraction of sp³-hybridized carbons (Fsp3) is 0.500. The first-order valence-corrected chi connectivity index (χ1v) is 7.14. The number of esters is 1. The van der Waals surface area contributed by atoms with Crippen molar-refractivity contribution in [2.24, 2.45) is 0 Å². The van der Waals surface area contributed by atoms with Gasteiger partial charge in [0.1, 0.15) is 5.75 Å². The maximum Gasteiger partial charge on any atom is 0.320 e. The molecule has 0 aromatic heterocycles. The summed E-state index contributed by atoms with van der Waals surface area (Å²) in [5, 5.41) is 9.02. The standard InChI is InChI=1S/C16H20N2O3/c1-3-21-16(19)11-18(14-5-6-14)10-13-8-12(9-17)4-7-15(13)20-2/h4,7-8,14H,3,5-6,10-11H2,1-2H3. The smallest absolute Gasteiger partial charge is 0.320 e. The summed E-state index contributed by atoms with van der Waals surface area (Å²) < 4.78 is 10.4. The molecule has 1 aliphatic carbocycles. The molecular formula is C16H20N2O3. The minimum absolute atomic E-state index is 0.209. The highest BCUT2D eigenvalue weighted by atomic mass is 16.5. The van der Waals surface area contributed by atoms with Gasteiger partial charge >= 0.3 is 5.97 Å². The largest absolute Gasteiger partial charge is 0.496 e. The van der Waals surface area contributed by atoms with Gasteiger partial charge in [-0.05, 0) is 38.0 Å². The van der Waals surface area contributed by atoms with Crippen LogP contribution in [0, 0.1) is 11.3 Å². The van der Waals surface area contributed by atoms with Crippen molar-refractivity contribution in [2.45, 2.75) is 32.4 Å². The summed E-state index contributed by atoms with van der Waals surface area (Å²) in [5.74, 6) is 0.531. The molecule has 0 spiro atoms. The number of carbonyl (C=O) groups is 1. The Morgan fingerprint density at radius 3 is 2.81 bits per heavy atom. The molecule has 0 atom stereocenters. The van der Waals surface area contributed by atoms with Crippen LogP contribution < -0.4 is 4.74 Å². The molecule has 0 radical (unpaired) electrons. The third-order valence-corrected chi connectivity index (χ3v) is 3.48. The van der Waals surface area contributed by atoms with Gasteiger partial charge < -0.3 is 9.47 Å². The number of hydrogen-bond acceptors (Lipinski definition) is 5. The molecule has 1 aromatic rings. The van der Waals surface area contributed by atoms with Gasteiger partial charge in [0.2, 0.25) is 0 Å². The van der Waals surface area contributed by atoms with Crippen LogP contribution in [0.25, 0.3) is 0 Å². The molecule has 5 heteroatoms. The van der Waals surface area contributed by atoms with Crippen molar-refractivity contribution in [1.29, 1.82) is 5.26 Å². The Kier molecular flexibility index (Phi) is 5.18. The topological polar surface area (TPSA) is 62.6 Å². The molecule has 1 saturated carbocycles. The third-order valence-electron chi connectivity index (χ3n) is 3.48. The lowest BCUT2D eigenvalue weighted by molar-refractivity contribution is -0.144. The summed E-state index contributed by atoms with van der Waals surface area (Å²) in [5.41, 5.74) is 1.52. The molecule has 0 saturated heterocycles. The molecule has 0 N–H and O–H groups in total. The van der Waals surface area contributed by atoms with Crippen LogP contribution >= 0.6 is 0 Å². The minimum Gasteiger partial charge on any atom is -0.496 e. The van der Waals surface area contributed by atoms with Crippen molar-refractivity contribution in [3.8, 4) is 11.8 Å². The lowest BCUT2D eigenvalue weighted by Gasteiger charge is -2.22. The second kappa shape index (κ2) is 7.09. The number of carbonyl (C=O) groups excluding carboxylic acids is 1. The van der Waals surface area contributed by atoms with Crippen LogP contribution in [0.4, 0.5) is 0 Å². The lowest BCUT2D eigenvalue weighted by atomic mass is 10.1. The zero-order valence-corrected chi connectivity index (χ0v) is 12.5. The molecule has 0 bridgehead atoms. The monoisotopic (exact) mass is 288 g/mol. The number of rotatable bonds is 7.